The summed E-state index contributed by atoms with van der Waals surface area (Å²) in [5.41, 5.74) is 6.82. The lowest BCUT2D eigenvalue weighted by Crippen LogP contribution is -2.03. The van der Waals surface area contributed by atoms with Crippen LogP contribution in [-0.4, -0.2) is 14.4 Å². The van der Waals surface area contributed by atoms with Crippen LogP contribution in [0.4, 0.5) is 21.7 Å². The lowest BCUT2D eigenvalue weighted by molar-refractivity contribution is 0.627. The van der Waals surface area contributed by atoms with Crippen LogP contribution in [0.5, 0.6) is 0 Å². The number of rotatable bonds is 2. The number of nitrogens with zero attached hydrogens (tertiary/aromatic N) is 3. The molecule has 0 radical (unpaired) electrons. The Balaban J connectivity index is 2.12. The molecule has 0 unspecified atom stereocenters. The number of hydrogen-bond acceptors (Lipinski definition) is 4. The van der Waals surface area contributed by atoms with Crippen LogP contribution in [0.1, 0.15) is 0 Å². The maximum absolute atomic E-state index is 13.2. The minimum absolute atomic E-state index is 0.228. The molecule has 0 aliphatic rings. The van der Waals surface area contributed by atoms with Gasteiger partial charge in [-0.25, -0.2) is 14.4 Å². The maximum atomic E-state index is 13.2. The molecular formula is C12H8BrClFN5. The molecule has 2 heterocycles. The summed E-state index contributed by atoms with van der Waals surface area (Å²) in [5, 5.41) is 3.25. The fourth-order valence-corrected chi connectivity index (χ4v) is 2.71. The third-order valence-electron chi connectivity index (χ3n) is 2.64. The third kappa shape index (κ3) is 2.30. The normalized spacial score (nSPS) is 10.9. The van der Waals surface area contributed by atoms with Crippen molar-refractivity contribution in [2.24, 2.45) is 0 Å². The molecular weight excluding hydrogens is 349 g/mol. The van der Waals surface area contributed by atoms with Crippen LogP contribution in [0.2, 0.25) is 5.02 Å². The van der Waals surface area contributed by atoms with Gasteiger partial charge in [-0.15, -0.1) is 0 Å². The minimum Gasteiger partial charge on any atom is -0.382 e. The Morgan fingerprint density at radius 2 is 2.20 bits per heavy atom. The second-order valence-corrected chi connectivity index (χ2v) is 5.30. The molecule has 8 heteroatoms. The van der Waals surface area contributed by atoms with Crippen molar-refractivity contribution in [1.29, 1.82) is 0 Å². The Kier molecular flexibility index (Phi) is 3.23. The number of fused-ring (bicyclic) bond motifs is 1. The van der Waals surface area contributed by atoms with Gasteiger partial charge in [-0.3, -0.25) is 0 Å². The molecule has 0 atom stereocenters. The Labute approximate surface area is 126 Å². The van der Waals surface area contributed by atoms with Gasteiger partial charge in [0.1, 0.15) is 11.6 Å². The SMILES string of the molecule is Nc1cn2ccnc2c(Nc2c(Cl)cc(F)cc2Br)n1. The molecule has 1 aromatic carbocycles. The first-order chi connectivity index (χ1) is 9.54. The van der Waals surface area contributed by atoms with E-state index in [9.17, 15) is 4.39 Å². The van der Waals surface area contributed by atoms with Crippen molar-refractivity contribution in [2.75, 3.05) is 11.1 Å². The number of hydrogen-bond donors (Lipinski definition) is 2. The van der Waals surface area contributed by atoms with Crippen LogP contribution in [0.15, 0.2) is 35.2 Å². The molecule has 3 aromatic rings. The van der Waals surface area contributed by atoms with Crippen molar-refractivity contribution < 1.29 is 4.39 Å². The van der Waals surface area contributed by atoms with E-state index in [1.807, 2.05) is 0 Å². The highest BCUT2D eigenvalue weighted by Crippen LogP contribution is 2.34. The quantitative estimate of drug-likeness (QED) is 0.736. The number of halogens is 3. The van der Waals surface area contributed by atoms with E-state index < -0.39 is 5.82 Å². The average molecular weight is 357 g/mol. The zero-order valence-electron chi connectivity index (χ0n) is 9.94. The van der Waals surface area contributed by atoms with E-state index in [-0.39, 0.29) is 5.02 Å². The van der Waals surface area contributed by atoms with Crippen molar-refractivity contribution in [3.05, 3.63) is 46.0 Å². The standard InChI is InChI=1S/C12H8BrClFN5/c13-7-3-6(15)4-8(14)10(7)19-11-12-17-1-2-20(12)5-9(16)18-11/h1-5H,16H2,(H,18,19). The van der Waals surface area contributed by atoms with E-state index in [1.54, 1.807) is 23.0 Å². The van der Waals surface area contributed by atoms with Crippen LogP contribution < -0.4 is 11.1 Å². The molecule has 0 aliphatic carbocycles. The predicted octanol–water partition coefficient (Wildman–Crippen LogP) is 3.61. The van der Waals surface area contributed by atoms with E-state index in [2.05, 4.69) is 31.2 Å². The van der Waals surface area contributed by atoms with Crippen molar-refractivity contribution in [2.45, 2.75) is 0 Å². The lowest BCUT2D eigenvalue weighted by atomic mass is 10.3. The Morgan fingerprint density at radius 1 is 1.40 bits per heavy atom. The summed E-state index contributed by atoms with van der Waals surface area (Å²) >= 11 is 9.29. The number of nitrogens with two attached hydrogens (primary N) is 1. The van der Waals surface area contributed by atoms with Gasteiger partial charge in [0.15, 0.2) is 11.5 Å². The van der Waals surface area contributed by atoms with Crippen molar-refractivity contribution in [1.82, 2.24) is 14.4 Å². The Bertz CT molecular complexity index is 781. The molecule has 5 nitrogen and oxygen atoms in total. The Hall–Kier alpha value is -1.86. The first kappa shape index (κ1) is 13.1. The maximum Gasteiger partial charge on any atom is 0.180 e. The third-order valence-corrected chi connectivity index (χ3v) is 3.57. The van der Waals surface area contributed by atoms with Gasteiger partial charge in [0.25, 0.3) is 0 Å². The molecule has 0 bridgehead atoms. The van der Waals surface area contributed by atoms with Crippen LogP contribution >= 0.6 is 27.5 Å². The zero-order valence-corrected chi connectivity index (χ0v) is 12.3. The zero-order chi connectivity index (χ0) is 14.3. The van der Waals surface area contributed by atoms with Gasteiger partial charge in [0.05, 0.1) is 16.9 Å². The van der Waals surface area contributed by atoms with Crippen LogP contribution in [0.3, 0.4) is 0 Å². The highest BCUT2D eigenvalue weighted by atomic mass is 79.9. The molecule has 0 aliphatic heterocycles. The van der Waals surface area contributed by atoms with Crippen molar-refractivity contribution in [3.8, 4) is 0 Å². The molecule has 2 aromatic heterocycles. The fraction of sp³-hybridized carbons (Fsp3) is 0. The average Bonchev–Trinajstić information content (AvgIpc) is 2.81. The van der Waals surface area contributed by atoms with E-state index in [1.165, 1.54) is 12.1 Å². The van der Waals surface area contributed by atoms with E-state index >= 15 is 0 Å². The Morgan fingerprint density at radius 3 is 2.95 bits per heavy atom. The number of nitrogen functional groups attached to an aromatic ring is 1. The van der Waals surface area contributed by atoms with Gasteiger partial charge < -0.3 is 15.5 Å². The van der Waals surface area contributed by atoms with Crippen molar-refractivity contribution in [3.63, 3.8) is 0 Å². The van der Waals surface area contributed by atoms with E-state index in [0.717, 1.165) is 0 Å². The van der Waals surface area contributed by atoms with Crippen molar-refractivity contribution >= 4 is 50.5 Å². The summed E-state index contributed by atoms with van der Waals surface area (Å²) in [5.74, 6) is 0.329. The van der Waals surface area contributed by atoms with E-state index in [0.29, 0.717) is 27.4 Å². The van der Waals surface area contributed by atoms with Crippen LogP contribution in [0, 0.1) is 5.82 Å². The number of anilines is 3. The van der Waals surface area contributed by atoms with Gasteiger partial charge in [0, 0.05) is 16.9 Å². The number of nitrogens with one attached hydrogen (secondary N) is 1. The molecule has 102 valence electrons. The largest absolute Gasteiger partial charge is 0.382 e. The molecule has 3 rings (SSSR count). The second-order valence-electron chi connectivity index (χ2n) is 4.04. The van der Waals surface area contributed by atoms with Crippen LogP contribution in [0.25, 0.3) is 5.65 Å². The smallest absolute Gasteiger partial charge is 0.180 e. The summed E-state index contributed by atoms with van der Waals surface area (Å²) in [6, 6.07) is 2.52. The summed E-state index contributed by atoms with van der Waals surface area (Å²) in [7, 11) is 0. The summed E-state index contributed by atoms with van der Waals surface area (Å²) in [6.45, 7) is 0. The monoisotopic (exact) mass is 355 g/mol. The summed E-state index contributed by atoms with van der Waals surface area (Å²) < 4.78 is 15.4. The molecule has 0 saturated heterocycles. The van der Waals surface area contributed by atoms with Gasteiger partial charge >= 0.3 is 0 Å². The van der Waals surface area contributed by atoms with E-state index in [4.69, 9.17) is 17.3 Å². The molecule has 0 amide bonds. The molecule has 20 heavy (non-hydrogen) atoms. The summed E-state index contributed by atoms with van der Waals surface area (Å²) in [6.07, 6.45) is 5.03. The predicted molar refractivity (Wildman–Crippen MR) is 79.8 cm³/mol. The highest BCUT2D eigenvalue weighted by molar-refractivity contribution is 9.10. The first-order valence-electron chi connectivity index (χ1n) is 5.55. The molecule has 0 fully saturated rings. The molecule has 3 N–H and O–H groups in total. The van der Waals surface area contributed by atoms with Crippen LogP contribution in [-0.2, 0) is 0 Å². The van der Waals surface area contributed by atoms with Gasteiger partial charge in [-0.1, -0.05) is 11.6 Å². The minimum atomic E-state index is -0.432. The first-order valence-corrected chi connectivity index (χ1v) is 6.72. The molecule has 0 saturated carbocycles. The van der Waals surface area contributed by atoms with Gasteiger partial charge in [-0.2, -0.15) is 0 Å². The number of benzene rings is 1. The lowest BCUT2D eigenvalue weighted by Gasteiger charge is -2.11. The number of imidazole rings is 1. The van der Waals surface area contributed by atoms with Gasteiger partial charge in [-0.05, 0) is 28.1 Å². The highest BCUT2D eigenvalue weighted by Gasteiger charge is 2.12. The fourth-order valence-electron chi connectivity index (χ4n) is 1.81. The molecule has 0 spiro atoms. The number of aromatic nitrogens is 3. The van der Waals surface area contributed by atoms with Gasteiger partial charge in [0.2, 0.25) is 0 Å². The summed E-state index contributed by atoms with van der Waals surface area (Å²) in [4.78, 5) is 8.37. The topological polar surface area (TPSA) is 68.2 Å². The second kappa shape index (κ2) is 4.92.